The van der Waals surface area contributed by atoms with Crippen LogP contribution in [0.15, 0.2) is 40.2 Å². The van der Waals surface area contributed by atoms with Gasteiger partial charge in [-0.25, -0.2) is 0 Å². The van der Waals surface area contributed by atoms with Crippen LogP contribution in [-0.2, 0) is 6.54 Å². The molecule has 0 spiro atoms. The molecule has 1 atom stereocenters. The molecule has 0 bridgehead atoms. The van der Waals surface area contributed by atoms with E-state index in [1.807, 2.05) is 11.4 Å². The first-order chi connectivity index (χ1) is 9.56. The lowest BCUT2D eigenvalue weighted by molar-refractivity contribution is -0.0498. The van der Waals surface area contributed by atoms with E-state index in [4.69, 9.17) is 0 Å². The second-order valence-electron chi connectivity index (χ2n) is 4.26. The molecule has 1 aromatic carbocycles. The van der Waals surface area contributed by atoms with Crippen LogP contribution in [0, 0.1) is 0 Å². The Labute approximate surface area is 128 Å². The van der Waals surface area contributed by atoms with Crippen LogP contribution in [0.2, 0.25) is 0 Å². The topological polar surface area (TPSA) is 21.3 Å². The minimum atomic E-state index is -2.78. The first kappa shape index (κ1) is 15.4. The van der Waals surface area contributed by atoms with E-state index in [0.717, 1.165) is 10.0 Å². The number of thiophene rings is 1. The lowest BCUT2D eigenvalue weighted by atomic mass is 10.2. The minimum Gasteiger partial charge on any atom is -0.435 e. The molecule has 0 saturated carbocycles. The molecule has 2 aromatic rings. The Morgan fingerprint density at radius 2 is 1.95 bits per heavy atom. The number of hydrogen-bond donors (Lipinski definition) is 1. The van der Waals surface area contributed by atoms with Crippen LogP contribution in [0.5, 0.6) is 5.75 Å². The summed E-state index contributed by atoms with van der Waals surface area (Å²) in [5, 5.41) is 5.43. The van der Waals surface area contributed by atoms with Crippen LogP contribution >= 0.6 is 27.3 Å². The first-order valence-electron chi connectivity index (χ1n) is 6.06. The molecule has 0 aliphatic rings. The quantitative estimate of drug-likeness (QED) is 0.784. The van der Waals surface area contributed by atoms with Gasteiger partial charge in [0.05, 0.1) is 0 Å². The van der Waals surface area contributed by atoms with Gasteiger partial charge in [-0.1, -0.05) is 12.1 Å². The van der Waals surface area contributed by atoms with Gasteiger partial charge in [0.2, 0.25) is 0 Å². The van der Waals surface area contributed by atoms with Crippen molar-refractivity contribution < 1.29 is 13.5 Å². The summed E-state index contributed by atoms with van der Waals surface area (Å²) in [6.45, 7) is -0.0270. The van der Waals surface area contributed by atoms with Gasteiger partial charge in [-0.2, -0.15) is 8.78 Å². The smallest absolute Gasteiger partial charge is 0.387 e. The van der Waals surface area contributed by atoms with Gasteiger partial charge in [0, 0.05) is 21.9 Å². The van der Waals surface area contributed by atoms with Gasteiger partial charge in [-0.15, -0.1) is 11.3 Å². The summed E-state index contributed by atoms with van der Waals surface area (Å²) in [6.07, 6.45) is 0. The fourth-order valence-electron chi connectivity index (χ4n) is 1.77. The Kier molecular flexibility index (Phi) is 5.51. The van der Waals surface area contributed by atoms with Crippen LogP contribution in [0.25, 0.3) is 0 Å². The number of ether oxygens (including phenoxy) is 1. The lowest BCUT2D eigenvalue weighted by Crippen LogP contribution is -2.17. The molecule has 0 aliphatic carbocycles. The summed E-state index contributed by atoms with van der Waals surface area (Å²) in [4.78, 5) is 1.24. The maximum atomic E-state index is 12.0. The van der Waals surface area contributed by atoms with E-state index in [0.29, 0.717) is 6.54 Å². The van der Waals surface area contributed by atoms with Gasteiger partial charge in [0.15, 0.2) is 0 Å². The second-order valence-corrected chi connectivity index (χ2v) is 6.06. The molecule has 6 heteroatoms. The van der Waals surface area contributed by atoms with Crippen molar-refractivity contribution in [2.75, 3.05) is 0 Å². The van der Waals surface area contributed by atoms with Crippen molar-refractivity contribution in [2.45, 2.75) is 26.1 Å². The monoisotopic (exact) mass is 361 g/mol. The van der Waals surface area contributed by atoms with E-state index >= 15 is 0 Å². The number of benzene rings is 1. The highest BCUT2D eigenvalue weighted by molar-refractivity contribution is 9.10. The van der Waals surface area contributed by atoms with Gasteiger partial charge in [-0.05, 0) is 52.0 Å². The summed E-state index contributed by atoms with van der Waals surface area (Å²) in [5.74, 6) is 0.179. The third-order valence-corrected chi connectivity index (χ3v) is 4.85. The molecule has 1 heterocycles. The van der Waals surface area contributed by atoms with Gasteiger partial charge < -0.3 is 10.1 Å². The molecule has 1 unspecified atom stereocenters. The van der Waals surface area contributed by atoms with E-state index < -0.39 is 6.61 Å². The van der Waals surface area contributed by atoms with Gasteiger partial charge in [-0.3, -0.25) is 0 Å². The predicted octanol–water partition coefficient (Wildman–Crippen LogP) is 4.96. The summed E-state index contributed by atoms with van der Waals surface area (Å²) < 4.78 is 29.5. The normalized spacial score (nSPS) is 12.7. The standard InChI is InChI=1S/C14H14BrF2NOS/c1-9(13-12(15)6-7-20-13)18-8-10-2-4-11(5-3-10)19-14(16)17/h2-7,9,14,18H,8H2,1H3. The zero-order chi connectivity index (χ0) is 14.5. The number of hydrogen-bond acceptors (Lipinski definition) is 3. The van der Waals surface area contributed by atoms with Gasteiger partial charge >= 0.3 is 6.61 Å². The SMILES string of the molecule is CC(NCc1ccc(OC(F)F)cc1)c1sccc1Br. The molecular formula is C14H14BrF2NOS. The molecule has 0 radical (unpaired) electrons. The molecule has 0 fully saturated rings. The highest BCUT2D eigenvalue weighted by Crippen LogP contribution is 2.28. The average Bonchev–Trinajstić information content (AvgIpc) is 2.83. The molecule has 0 aliphatic heterocycles. The largest absolute Gasteiger partial charge is 0.435 e. The van der Waals surface area contributed by atoms with Crippen LogP contribution in [0.3, 0.4) is 0 Å². The van der Waals surface area contributed by atoms with Crippen molar-refractivity contribution >= 4 is 27.3 Å². The molecule has 108 valence electrons. The molecule has 20 heavy (non-hydrogen) atoms. The second kappa shape index (κ2) is 7.15. The van der Waals surface area contributed by atoms with Gasteiger partial charge in [0.25, 0.3) is 0 Å². The first-order valence-corrected chi connectivity index (χ1v) is 7.73. The maximum Gasteiger partial charge on any atom is 0.387 e. The molecule has 0 saturated heterocycles. The van der Waals surface area contributed by atoms with Crippen molar-refractivity contribution in [3.8, 4) is 5.75 Å². The van der Waals surface area contributed by atoms with Crippen LogP contribution < -0.4 is 10.1 Å². The van der Waals surface area contributed by atoms with Crippen molar-refractivity contribution in [1.29, 1.82) is 0 Å². The highest BCUT2D eigenvalue weighted by atomic mass is 79.9. The fourth-order valence-corrected chi connectivity index (χ4v) is 3.52. The van der Waals surface area contributed by atoms with E-state index in [9.17, 15) is 8.78 Å². The lowest BCUT2D eigenvalue weighted by Gasteiger charge is -2.13. The Balaban J connectivity index is 1.89. The zero-order valence-corrected chi connectivity index (χ0v) is 13.2. The number of halogens is 3. The Morgan fingerprint density at radius 3 is 2.50 bits per heavy atom. The third kappa shape index (κ3) is 4.26. The maximum absolute atomic E-state index is 12.0. The van der Waals surface area contributed by atoms with Crippen molar-refractivity contribution in [3.05, 3.63) is 50.6 Å². The Morgan fingerprint density at radius 1 is 1.25 bits per heavy atom. The van der Waals surface area contributed by atoms with E-state index in [2.05, 4.69) is 32.9 Å². The van der Waals surface area contributed by atoms with Crippen LogP contribution in [-0.4, -0.2) is 6.61 Å². The highest BCUT2D eigenvalue weighted by Gasteiger charge is 2.10. The Bertz CT molecular complexity index is 544. The summed E-state index contributed by atoms with van der Waals surface area (Å²) >= 11 is 5.20. The number of nitrogens with one attached hydrogen (secondary N) is 1. The van der Waals surface area contributed by atoms with Crippen LogP contribution in [0.1, 0.15) is 23.4 Å². The summed E-state index contributed by atoms with van der Waals surface area (Å²) in [7, 11) is 0. The van der Waals surface area contributed by atoms with Gasteiger partial charge in [0.1, 0.15) is 5.75 Å². The van der Waals surface area contributed by atoms with Crippen molar-refractivity contribution in [1.82, 2.24) is 5.32 Å². The summed E-state index contributed by atoms with van der Waals surface area (Å²) in [5.41, 5.74) is 1.02. The minimum absolute atomic E-state index is 0.179. The molecule has 2 rings (SSSR count). The van der Waals surface area contributed by atoms with Crippen molar-refractivity contribution in [3.63, 3.8) is 0 Å². The Hall–Kier alpha value is -0.980. The molecule has 1 N–H and O–H groups in total. The number of rotatable bonds is 6. The van der Waals surface area contributed by atoms with E-state index in [1.54, 1.807) is 35.6 Å². The predicted molar refractivity (Wildman–Crippen MR) is 80.3 cm³/mol. The third-order valence-electron chi connectivity index (χ3n) is 2.80. The van der Waals surface area contributed by atoms with E-state index in [1.165, 1.54) is 4.88 Å². The molecule has 0 amide bonds. The average molecular weight is 362 g/mol. The van der Waals surface area contributed by atoms with Crippen molar-refractivity contribution in [2.24, 2.45) is 0 Å². The van der Waals surface area contributed by atoms with Crippen LogP contribution in [0.4, 0.5) is 8.78 Å². The summed E-state index contributed by atoms with van der Waals surface area (Å²) in [6, 6.07) is 8.90. The molecular weight excluding hydrogens is 348 g/mol. The number of alkyl halides is 2. The fraction of sp³-hybridized carbons (Fsp3) is 0.286. The molecule has 2 nitrogen and oxygen atoms in total. The van der Waals surface area contributed by atoms with E-state index in [-0.39, 0.29) is 11.8 Å². The molecule has 1 aromatic heterocycles. The zero-order valence-electron chi connectivity index (χ0n) is 10.8.